The van der Waals surface area contributed by atoms with Crippen LogP contribution in [-0.4, -0.2) is 18.5 Å². The Bertz CT molecular complexity index is 831. The molecule has 0 aliphatic heterocycles. The lowest BCUT2D eigenvalue weighted by atomic mass is 9.95. The maximum Gasteiger partial charge on any atom is 0.341 e. The van der Waals surface area contributed by atoms with Crippen molar-refractivity contribution in [3.8, 4) is 0 Å². The summed E-state index contributed by atoms with van der Waals surface area (Å²) in [5.41, 5.74) is 1.58. The first kappa shape index (κ1) is 18.5. The molecule has 5 nitrogen and oxygen atoms in total. The van der Waals surface area contributed by atoms with Crippen LogP contribution < -0.4 is 5.32 Å². The minimum atomic E-state index is -0.341. The molecule has 0 saturated carbocycles. The molecule has 0 aromatic carbocycles. The van der Waals surface area contributed by atoms with Gasteiger partial charge in [-0.15, -0.1) is 11.3 Å². The Balaban J connectivity index is 1.79. The van der Waals surface area contributed by atoms with E-state index in [0.29, 0.717) is 22.9 Å². The zero-order valence-electron chi connectivity index (χ0n) is 15.1. The number of ether oxygens (including phenoxy) is 1. The van der Waals surface area contributed by atoms with Gasteiger partial charge in [-0.3, -0.25) is 4.79 Å². The van der Waals surface area contributed by atoms with Crippen LogP contribution >= 0.6 is 11.3 Å². The lowest BCUT2D eigenvalue weighted by Gasteiger charge is -2.12. The summed E-state index contributed by atoms with van der Waals surface area (Å²) in [5.74, 6) is 0.775. The molecule has 0 fully saturated rings. The summed E-state index contributed by atoms with van der Waals surface area (Å²) in [6.45, 7) is 4.19. The number of nitrogens with one attached hydrogen (secondary N) is 1. The number of carbonyl (C=O) groups is 2. The number of furan rings is 1. The van der Waals surface area contributed by atoms with Gasteiger partial charge in [0.2, 0.25) is 5.91 Å². The first-order valence-electron chi connectivity index (χ1n) is 8.95. The number of fused-ring (bicyclic) bond motifs is 1. The summed E-state index contributed by atoms with van der Waals surface area (Å²) < 4.78 is 10.8. The second-order valence-electron chi connectivity index (χ2n) is 6.32. The zero-order chi connectivity index (χ0) is 18.5. The third-order valence-electron chi connectivity index (χ3n) is 4.21. The maximum atomic E-state index is 12.5. The number of thiophene rings is 1. The smallest absolute Gasteiger partial charge is 0.341 e. The van der Waals surface area contributed by atoms with E-state index in [2.05, 4.69) is 5.32 Å². The Morgan fingerprint density at radius 1 is 1.31 bits per heavy atom. The Hall–Kier alpha value is -2.34. The molecule has 1 aliphatic carbocycles. The monoisotopic (exact) mass is 373 g/mol. The van der Waals surface area contributed by atoms with Crippen molar-refractivity contribution in [1.29, 1.82) is 0 Å². The van der Waals surface area contributed by atoms with Gasteiger partial charge in [0.25, 0.3) is 0 Å². The quantitative estimate of drug-likeness (QED) is 0.586. The number of hydrogen-bond donors (Lipinski definition) is 1. The normalized spacial score (nSPS) is 13.6. The van der Waals surface area contributed by atoms with Crippen molar-refractivity contribution in [2.45, 2.75) is 46.0 Å². The minimum Gasteiger partial charge on any atom is -0.462 e. The van der Waals surface area contributed by atoms with Gasteiger partial charge in [0.05, 0.1) is 12.2 Å². The van der Waals surface area contributed by atoms with Gasteiger partial charge in [-0.2, -0.15) is 0 Å². The van der Waals surface area contributed by atoms with Gasteiger partial charge >= 0.3 is 5.97 Å². The predicted molar refractivity (Wildman–Crippen MR) is 103 cm³/mol. The van der Waals surface area contributed by atoms with Crippen LogP contribution in [0.15, 0.2) is 22.6 Å². The number of aryl methyl sites for hydroxylation is 2. The van der Waals surface area contributed by atoms with Gasteiger partial charge < -0.3 is 14.5 Å². The van der Waals surface area contributed by atoms with Crippen molar-refractivity contribution < 1.29 is 18.7 Å². The molecule has 0 unspecified atom stereocenters. The average molecular weight is 373 g/mol. The Morgan fingerprint density at radius 3 is 2.85 bits per heavy atom. The molecule has 26 heavy (non-hydrogen) atoms. The highest BCUT2D eigenvalue weighted by atomic mass is 32.1. The SMILES string of the molecule is CCCOC(=O)c1c(NC(=O)C=Cc2ccc(C)o2)sc2c1CCCC2. The summed E-state index contributed by atoms with van der Waals surface area (Å²) in [6, 6.07) is 3.64. The van der Waals surface area contributed by atoms with Gasteiger partial charge in [0, 0.05) is 11.0 Å². The Labute approximate surface area is 157 Å². The second-order valence-corrected chi connectivity index (χ2v) is 7.43. The van der Waals surface area contributed by atoms with Crippen LogP contribution in [0.4, 0.5) is 5.00 Å². The van der Waals surface area contributed by atoms with Crippen molar-refractivity contribution in [1.82, 2.24) is 0 Å². The molecular weight excluding hydrogens is 350 g/mol. The van der Waals surface area contributed by atoms with Crippen LogP contribution in [-0.2, 0) is 22.4 Å². The molecule has 0 atom stereocenters. The maximum absolute atomic E-state index is 12.5. The highest BCUT2D eigenvalue weighted by molar-refractivity contribution is 7.17. The lowest BCUT2D eigenvalue weighted by Crippen LogP contribution is -2.14. The van der Waals surface area contributed by atoms with Crippen molar-refractivity contribution in [2.75, 3.05) is 11.9 Å². The molecule has 3 rings (SSSR count). The van der Waals surface area contributed by atoms with Crippen LogP contribution in [0, 0.1) is 6.92 Å². The predicted octanol–water partition coefficient (Wildman–Crippen LogP) is 4.75. The van der Waals surface area contributed by atoms with E-state index in [-0.39, 0.29) is 11.9 Å². The van der Waals surface area contributed by atoms with E-state index in [1.54, 1.807) is 12.1 Å². The molecule has 1 N–H and O–H groups in total. The second kappa shape index (κ2) is 8.36. The van der Waals surface area contributed by atoms with Crippen molar-refractivity contribution in [3.63, 3.8) is 0 Å². The Morgan fingerprint density at radius 2 is 2.12 bits per heavy atom. The van der Waals surface area contributed by atoms with Crippen LogP contribution in [0.1, 0.15) is 58.5 Å². The zero-order valence-corrected chi connectivity index (χ0v) is 15.9. The van der Waals surface area contributed by atoms with Crippen molar-refractivity contribution in [3.05, 3.63) is 45.7 Å². The molecule has 6 heteroatoms. The molecule has 2 heterocycles. The third kappa shape index (κ3) is 4.25. The van der Waals surface area contributed by atoms with E-state index in [9.17, 15) is 9.59 Å². The number of amides is 1. The standard InChI is InChI=1S/C20H23NO4S/c1-3-12-24-20(23)18-15-6-4-5-7-16(15)26-19(18)21-17(22)11-10-14-9-8-13(2)25-14/h8-11H,3-7,12H2,1-2H3,(H,21,22). The largest absolute Gasteiger partial charge is 0.462 e. The highest BCUT2D eigenvalue weighted by Gasteiger charge is 2.27. The van der Waals surface area contributed by atoms with E-state index in [1.807, 2.05) is 19.9 Å². The molecule has 1 aliphatic rings. The minimum absolute atomic E-state index is 0.290. The van der Waals surface area contributed by atoms with Gasteiger partial charge in [-0.1, -0.05) is 6.92 Å². The van der Waals surface area contributed by atoms with Gasteiger partial charge in [0.15, 0.2) is 0 Å². The van der Waals surface area contributed by atoms with Gasteiger partial charge in [0.1, 0.15) is 16.5 Å². The number of hydrogen-bond acceptors (Lipinski definition) is 5. The van der Waals surface area contributed by atoms with Crippen molar-refractivity contribution in [2.24, 2.45) is 0 Å². The molecule has 0 spiro atoms. The first-order chi connectivity index (χ1) is 12.6. The van der Waals surface area contributed by atoms with E-state index < -0.39 is 0 Å². The fourth-order valence-electron chi connectivity index (χ4n) is 2.99. The molecule has 0 radical (unpaired) electrons. The van der Waals surface area contributed by atoms with Gasteiger partial charge in [-0.05, 0) is 62.8 Å². The molecule has 0 saturated heterocycles. The molecule has 2 aromatic heterocycles. The highest BCUT2D eigenvalue weighted by Crippen LogP contribution is 2.38. The first-order valence-corrected chi connectivity index (χ1v) is 9.77. The summed E-state index contributed by atoms with van der Waals surface area (Å²) >= 11 is 1.49. The van der Waals surface area contributed by atoms with E-state index in [1.165, 1.54) is 22.3 Å². The van der Waals surface area contributed by atoms with Crippen LogP contribution in [0.3, 0.4) is 0 Å². The summed E-state index contributed by atoms with van der Waals surface area (Å²) in [5, 5.41) is 3.44. The Kier molecular flexibility index (Phi) is 5.93. The average Bonchev–Trinajstić information content (AvgIpc) is 3.20. The molecule has 138 valence electrons. The molecule has 0 bridgehead atoms. The summed E-state index contributed by atoms with van der Waals surface area (Å²) in [4.78, 5) is 26.0. The fraction of sp³-hybridized carbons (Fsp3) is 0.400. The number of rotatable bonds is 6. The number of carbonyl (C=O) groups excluding carboxylic acids is 2. The molecule has 1 amide bonds. The molecular formula is C20H23NO4S. The third-order valence-corrected chi connectivity index (χ3v) is 5.42. The van der Waals surface area contributed by atoms with E-state index in [0.717, 1.165) is 43.4 Å². The molecule has 2 aromatic rings. The van der Waals surface area contributed by atoms with Gasteiger partial charge in [-0.25, -0.2) is 4.79 Å². The number of esters is 1. The summed E-state index contributed by atoms with van der Waals surface area (Å²) in [6.07, 6.45) is 7.78. The van der Waals surface area contributed by atoms with Crippen LogP contribution in [0.5, 0.6) is 0 Å². The number of anilines is 1. The fourth-order valence-corrected chi connectivity index (χ4v) is 4.27. The lowest BCUT2D eigenvalue weighted by molar-refractivity contribution is -0.111. The van der Waals surface area contributed by atoms with E-state index in [4.69, 9.17) is 9.15 Å². The van der Waals surface area contributed by atoms with Crippen molar-refractivity contribution >= 4 is 34.3 Å². The van der Waals surface area contributed by atoms with E-state index >= 15 is 0 Å². The summed E-state index contributed by atoms with van der Waals surface area (Å²) in [7, 11) is 0. The van der Waals surface area contributed by atoms with Crippen LogP contribution in [0.2, 0.25) is 0 Å². The van der Waals surface area contributed by atoms with Crippen LogP contribution in [0.25, 0.3) is 6.08 Å². The topological polar surface area (TPSA) is 68.5 Å².